The van der Waals surface area contributed by atoms with Crippen molar-refractivity contribution in [2.24, 2.45) is 0 Å². The summed E-state index contributed by atoms with van der Waals surface area (Å²) in [4.78, 5) is 0. The van der Waals surface area contributed by atoms with Crippen molar-refractivity contribution in [3.63, 3.8) is 0 Å². The fourth-order valence-corrected chi connectivity index (χ4v) is 1.68. The van der Waals surface area contributed by atoms with Crippen LogP contribution in [0.1, 0.15) is 26.5 Å². The van der Waals surface area contributed by atoms with Crippen LogP contribution in [0.2, 0.25) is 0 Å². The lowest BCUT2D eigenvalue weighted by Crippen LogP contribution is -2.22. The highest BCUT2D eigenvalue weighted by atomic mass is 19.1. The number of aromatic nitrogens is 3. The summed E-state index contributed by atoms with van der Waals surface area (Å²) in [6.45, 7) is 6.65. The van der Waals surface area contributed by atoms with E-state index in [1.807, 2.05) is 6.20 Å². The average molecular weight is 278 g/mol. The van der Waals surface area contributed by atoms with E-state index in [0.717, 1.165) is 5.69 Å². The molecule has 0 unspecified atom stereocenters. The van der Waals surface area contributed by atoms with Crippen molar-refractivity contribution in [1.29, 1.82) is 0 Å². The molecule has 108 valence electrons. The first-order valence-corrected chi connectivity index (χ1v) is 6.39. The summed E-state index contributed by atoms with van der Waals surface area (Å²) in [5.74, 6) is -0.162. The Labute approximate surface area is 117 Å². The highest BCUT2D eigenvalue weighted by Gasteiger charge is 2.14. The molecule has 1 heterocycles. The average Bonchev–Trinajstić information content (AvgIpc) is 2.85. The van der Waals surface area contributed by atoms with E-state index in [4.69, 9.17) is 4.74 Å². The Balaban J connectivity index is 2.02. The molecule has 6 heteroatoms. The van der Waals surface area contributed by atoms with Crippen LogP contribution in [0.3, 0.4) is 0 Å². The van der Waals surface area contributed by atoms with Crippen LogP contribution in [0.4, 0.5) is 10.1 Å². The zero-order valence-electron chi connectivity index (χ0n) is 12.1. The third kappa shape index (κ3) is 3.26. The molecule has 0 aliphatic heterocycles. The van der Waals surface area contributed by atoms with E-state index in [1.165, 1.54) is 13.2 Å². The van der Waals surface area contributed by atoms with Crippen molar-refractivity contribution in [1.82, 2.24) is 15.0 Å². The Kier molecular flexibility index (Phi) is 3.92. The van der Waals surface area contributed by atoms with Gasteiger partial charge in [-0.1, -0.05) is 5.21 Å². The third-order valence-electron chi connectivity index (χ3n) is 2.85. The minimum Gasteiger partial charge on any atom is -0.494 e. The fraction of sp³-hybridized carbons (Fsp3) is 0.429. The Morgan fingerprint density at radius 3 is 2.65 bits per heavy atom. The molecule has 1 aromatic heterocycles. The maximum Gasteiger partial charge on any atom is 0.167 e. The number of methoxy groups -OCH3 is 1. The molecule has 2 rings (SSSR count). The summed E-state index contributed by atoms with van der Waals surface area (Å²) in [5.41, 5.74) is 1.38. The topological polar surface area (TPSA) is 52.0 Å². The van der Waals surface area contributed by atoms with Crippen molar-refractivity contribution in [2.45, 2.75) is 32.9 Å². The van der Waals surface area contributed by atoms with E-state index in [1.54, 1.807) is 16.8 Å². The molecule has 0 spiro atoms. The number of halogens is 1. The number of nitrogens with zero attached hydrogens (tertiary/aromatic N) is 3. The van der Waals surface area contributed by atoms with Gasteiger partial charge < -0.3 is 10.1 Å². The standard InChI is InChI=1S/C14H19FN4O/c1-14(2,3)19-9-11(17-18-19)8-16-10-5-6-13(20-4)12(15)7-10/h5-7,9,16H,8H2,1-4H3. The highest BCUT2D eigenvalue weighted by Crippen LogP contribution is 2.21. The molecule has 0 bridgehead atoms. The Morgan fingerprint density at radius 1 is 1.35 bits per heavy atom. The lowest BCUT2D eigenvalue weighted by Gasteiger charge is -2.17. The summed E-state index contributed by atoms with van der Waals surface area (Å²) >= 11 is 0. The van der Waals surface area contributed by atoms with Crippen LogP contribution in [-0.4, -0.2) is 22.1 Å². The van der Waals surface area contributed by atoms with Gasteiger partial charge in [0, 0.05) is 11.8 Å². The van der Waals surface area contributed by atoms with Gasteiger partial charge in [-0.3, -0.25) is 0 Å². The number of ether oxygens (including phenoxy) is 1. The molecule has 0 fully saturated rings. The first-order chi connectivity index (χ1) is 9.40. The smallest absolute Gasteiger partial charge is 0.167 e. The van der Waals surface area contributed by atoms with Crippen LogP contribution >= 0.6 is 0 Å². The van der Waals surface area contributed by atoms with Gasteiger partial charge in [-0.25, -0.2) is 9.07 Å². The second kappa shape index (κ2) is 5.48. The second-order valence-electron chi connectivity index (χ2n) is 5.53. The summed E-state index contributed by atoms with van der Waals surface area (Å²) in [6.07, 6.45) is 1.88. The number of hydrogen-bond donors (Lipinski definition) is 1. The quantitative estimate of drug-likeness (QED) is 0.934. The van der Waals surface area contributed by atoms with Gasteiger partial charge in [0.1, 0.15) is 5.69 Å². The van der Waals surface area contributed by atoms with Crippen LogP contribution in [0.15, 0.2) is 24.4 Å². The van der Waals surface area contributed by atoms with Gasteiger partial charge in [-0.2, -0.15) is 0 Å². The lowest BCUT2D eigenvalue weighted by atomic mass is 10.1. The molecule has 1 aromatic carbocycles. The van der Waals surface area contributed by atoms with Gasteiger partial charge in [0.25, 0.3) is 0 Å². The predicted molar refractivity (Wildman–Crippen MR) is 75.3 cm³/mol. The van der Waals surface area contributed by atoms with E-state index in [0.29, 0.717) is 12.2 Å². The fourth-order valence-electron chi connectivity index (χ4n) is 1.68. The van der Waals surface area contributed by atoms with Crippen molar-refractivity contribution in [3.05, 3.63) is 35.9 Å². The molecule has 20 heavy (non-hydrogen) atoms. The number of nitrogens with one attached hydrogen (secondary N) is 1. The largest absolute Gasteiger partial charge is 0.494 e. The van der Waals surface area contributed by atoms with Crippen LogP contribution in [0, 0.1) is 5.82 Å². The first-order valence-electron chi connectivity index (χ1n) is 6.39. The molecular formula is C14H19FN4O. The Hall–Kier alpha value is -2.11. The minimum absolute atomic E-state index is 0.0997. The van der Waals surface area contributed by atoms with Gasteiger partial charge in [-0.15, -0.1) is 5.10 Å². The van der Waals surface area contributed by atoms with E-state index in [-0.39, 0.29) is 11.3 Å². The van der Waals surface area contributed by atoms with Gasteiger partial charge in [0.05, 0.1) is 25.4 Å². The van der Waals surface area contributed by atoms with Crippen LogP contribution in [-0.2, 0) is 12.1 Å². The number of rotatable bonds is 4. The predicted octanol–water partition coefficient (Wildman–Crippen LogP) is 2.79. The number of anilines is 1. The minimum atomic E-state index is -0.393. The zero-order valence-corrected chi connectivity index (χ0v) is 12.1. The van der Waals surface area contributed by atoms with E-state index in [9.17, 15) is 4.39 Å². The number of hydrogen-bond acceptors (Lipinski definition) is 4. The summed E-state index contributed by atoms with van der Waals surface area (Å²) in [6, 6.07) is 4.74. The number of benzene rings is 1. The van der Waals surface area contributed by atoms with Gasteiger partial charge in [0.15, 0.2) is 11.6 Å². The summed E-state index contributed by atoms with van der Waals surface area (Å²) in [7, 11) is 1.44. The summed E-state index contributed by atoms with van der Waals surface area (Å²) < 4.78 is 20.2. The van der Waals surface area contributed by atoms with Gasteiger partial charge >= 0.3 is 0 Å². The normalized spacial score (nSPS) is 11.4. The summed E-state index contributed by atoms with van der Waals surface area (Å²) in [5, 5.41) is 11.3. The van der Waals surface area contributed by atoms with E-state index >= 15 is 0 Å². The van der Waals surface area contributed by atoms with Crippen LogP contribution < -0.4 is 10.1 Å². The zero-order chi connectivity index (χ0) is 14.8. The highest BCUT2D eigenvalue weighted by molar-refractivity contribution is 5.47. The van der Waals surface area contributed by atoms with Gasteiger partial charge in [-0.05, 0) is 32.9 Å². The van der Waals surface area contributed by atoms with E-state index in [2.05, 4.69) is 36.4 Å². The molecule has 0 atom stereocenters. The maximum atomic E-state index is 13.5. The molecule has 0 radical (unpaired) electrons. The molecular weight excluding hydrogens is 259 g/mol. The van der Waals surface area contributed by atoms with Crippen molar-refractivity contribution in [2.75, 3.05) is 12.4 Å². The molecule has 0 aliphatic carbocycles. The van der Waals surface area contributed by atoms with Crippen molar-refractivity contribution >= 4 is 5.69 Å². The first kappa shape index (κ1) is 14.3. The van der Waals surface area contributed by atoms with Crippen molar-refractivity contribution in [3.8, 4) is 5.75 Å². The third-order valence-corrected chi connectivity index (χ3v) is 2.85. The molecule has 0 aliphatic rings. The monoisotopic (exact) mass is 278 g/mol. The van der Waals surface area contributed by atoms with Crippen LogP contribution in [0.5, 0.6) is 5.75 Å². The SMILES string of the molecule is COc1ccc(NCc2cn(C(C)(C)C)nn2)cc1F. The van der Waals surface area contributed by atoms with E-state index < -0.39 is 5.82 Å². The maximum absolute atomic E-state index is 13.5. The lowest BCUT2D eigenvalue weighted by molar-refractivity contribution is 0.347. The molecule has 0 saturated heterocycles. The molecule has 0 amide bonds. The molecule has 5 nitrogen and oxygen atoms in total. The molecule has 2 aromatic rings. The Morgan fingerprint density at radius 2 is 2.10 bits per heavy atom. The molecule has 0 saturated carbocycles. The second-order valence-corrected chi connectivity index (χ2v) is 5.53. The van der Waals surface area contributed by atoms with Gasteiger partial charge in [0.2, 0.25) is 0 Å². The van der Waals surface area contributed by atoms with Crippen LogP contribution in [0.25, 0.3) is 0 Å². The Bertz CT molecular complexity index is 589. The molecule has 1 N–H and O–H groups in total. The van der Waals surface area contributed by atoms with Crippen molar-refractivity contribution < 1.29 is 9.13 Å².